The van der Waals surface area contributed by atoms with Gasteiger partial charge in [0, 0.05) is 11.8 Å². The topological polar surface area (TPSA) is 22.1 Å². The highest BCUT2D eigenvalue weighted by molar-refractivity contribution is 5.14. The normalized spacial score (nSPS) is 7.82. The summed E-state index contributed by atoms with van der Waals surface area (Å²) in [6, 6.07) is 5.68. The number of aryl methyl sites for hydroxylation is 1. The molecule has 0 aliphatic rings. The summed E-state index contributed by atoms with van der Waals surface area (Å²) in [6.45, 7) is 7.93. The van der Waals surface area contributed by atoms with Crippen LogP contribution < -0.4 is 4.74 Å². The molecule has 2 heteroatoms. The molecule has 0 fully saturated rings. The standard InChI is InChI=1S/C7H9NO.C2H4/c1-6-4-3-5-7(8-6)9-2;1-2/h3-5H,1-2H3;1-2H2. The van der Waals surface area contributed by atoms with Gasteiger partial charge in [-0.2, -0.15) is 0 Å². The van der Waals surface area contributed by atoms with E-state index in [2.05, 4.69) is 18.1 Å². The first-order valence-electron chi connectivity index (χ1n) is 3.30. The SMILES string of the molecule is C=C.COc1cccc(C)n1. The number of ether oxygens (including phenoxy) is 1. The first-order chi connectivity index (χ1) is 5.33. The molecule has 0 saturated carbocycles. The number of methoxy groups -OCH3 is 1. The first-order valence-corrected chi connectivity index (χ1v) is 3.30. The molecule has 0 spiro atoms. The van der Waals surface area contributed by atoms with Crippen molar-refractivity contribution in [3.8, 4) is 5.88 Å². The Morgan fingerprint density at radius 3 is 2.36 bits per heavy atom. The van der Waals surface area contributed by atoms with Gasteiger partial charge in [-0.1, -0.05) is 6.07 Å². The highest BCUT2D eigenvalue weighted by atomic mass is 16.5. The van der Waals surface area contributed by atoms with Crippen LogP contribution in [0.2, 0.25) is 0 Å². The number of rotatable bonds is 1. The van der Waals surface area contributed by atoms with Gasteiger partial charge in [0.1, 0.15) is 0 Å². The van der Waals surface area contributed by atoms with Crippen LogP contribution in [0.1, 0.15) is 5.69 Å². The molecule has 0 atom stereocenters. The molecule has 1 aromatic rings. The largest absolute Gasteiger partial charge is 0.481 e. The van der Waals surface area contributed by atoms with E-state index in [-0.39, 0.29) is 0 Å². The van der Waals surface area contributed by atoms with Crippen LogP contribution in [0, 0.1) is 6.92 Å². The molecule has 1 rings (SSSR count). The Morgan fingerprint density at radius 2 is 2.00 bits per heavy atom. The minimum Gasteiger partial charge on any atom is -0.481 e. The third-order valence-corrected chi connectivity index (χ3v) is 1.07. The number of pyridine rings is 1. The molecule has 0 unspecified atom stereocenters. The van der Waals surface area contributed by atoms with E-state index in [4.69, 9.17) is 4.74 Å². The van der Waals surface area contributed by atoms with Crippen molar-refractivity contribution in [2.24, 2.45) is 0 Å². The van der Waals surface area contributed by atoms with Gasteiger partial charge in [-0.15, -0.1) is 13.2 Å². The number of hydrogen-bond donors (Lipinski definition) is 0. The summed E-state index contributed by atoms with van der Waals surface area (Å²) in [7, 11) is 1.61. The van der Waals surface area contributed by atoms with Crippen LogP contribution in [0.3, 0.4) is 0 Å². The van der Waals surface area contributed by atoms with Crippen molar-refractivity contribution in [1.29, 1.82) is 0 Å². The Balaban J connectivity index is 0.000000461. The molecule has 1 aromatic heterocycles. The summed E-state index contributed by atoms with van der Waals surface area (Å²) in [4.78, 5) is 4.07. The van der Waals surface area contributed by atoms with Crippen molar-refractivity contribution in [1.82, 2.24) is 4.98 Å². The summed E-state index contributed by atoms with van der Waals surface area (Å²) in [6.07, 6.45) is 0. The quantitative estimate of drug-likeness (QED) is 0.574. The zero-order valence-electron chi connectivity index (χ0n) is 7.00. The van der Waals surface area contributed by atoms with Crippen LogP contribution in [0.25, 0.3) is 0 Å². The summed E-state index contributed by atoms with van der Waals surface area (Å²) in [5.74, 6) is 0.676. The second-order valence-electron chi connectivity index (χ2n) is 1.82. The fourth-order valence-electron chi connectivity index (χ4n) is 0.632. The molecule has 0 amide bonds. The Kier molecular flexibility index (Phi) is 4.82. The van der Waals surface area contributed by atoms with E-state index in [0.717, 1.165) is 5.69 Å². The van der Waals surface area contributed by atoms with E-state index in [0.29, 0.717) is 5.88 Å². The van der Waals surface area contributed by atoms with Gasteiger partial charge in [0.15, 0.2) is 0 Å². The fourth-order valence-corrected chi connectivity index (χ4v) is 0.632. The molecule has 0 aromatic carbocycles. The number of hydrogen-bond acceptors (Lipinski definition) is 2. The second-order valence-corrected chi connectivity index (χ2v) is 1.82. The van der Waals surface area contributed by atoms with Crippen molar-refractivity contribution in [2.75, 3.05) is 7.11 Å². The first kappa shape index (κ1) is 9.69. The molecule has 60 valence electrons. The van der Waals surface area contributed by atoms with E-state index in [1.807, 2.05) is 25.1 Å². The molecule has 0 aliphatic heterocycles. The Hall–Kier alpha value is -1.31. The van der Waals surface area contributed by atoms with E-state index in [1.165, 1.54) is 0 Å². The van der Waals surface area contributed by atoms with Crippen molar-refractivity contribution >= 4 is 0 Å². The highest BCUT2D eigenvalue weighted by Gasteiger charge is 1.88. The maximum absolute atomic E-state index is 4.88. The average Bonchev–Trinajstić information content (AvgIpc) is 2.08. The van der Waals surface area contributed by atoms with Crippen molar-refractivity contribution in [3.05, 3.63) is 37.1 Å². The lowest BCUT2D eigenvalue weighted by Gasteiger charge is -1.96. The lowest BCUT2D eigenvalue weighted by Crippen LogP contribution is -1.87. The van der Waals surface area contributed by atoms with Crippen LogP contribution in [-0.2, 0) is 0 Å². The number of aromatic nitrogens is 1. The van der Waals surface area contributed by atoms with E-state index in [9.17, 15) is 0 Å². The second kappa shape index (κ2) is 5.47. The lowest BCUT2D eigenvalue weighted by molar-refractivity contribution is 0.397. The molecule has 0 bridgehead atoms. The van der Waals surface area contributed by atoms with Gasteiger partial charge in [-0.3, -0.25) is 0 Å². The van der Waals surface area contributed by atoms with Gasteiger partial charge in [-0.25, -0.2) is 4.98 Å². The summed E-state index contributed by atoms with van der Waals surface area (Å²) in [5.41, 5.74) is 0.981. The third kappa shape index (κ3) is 3.40. The minimum atomic E-state index is 0.676. The van der Waals surface area contributed by atoms with Crippen molar-refractivity contribution in [2.45, 2.75) is 6.92 Å². The molecule has 11 heavy (non-hydrogen) atoms. The van der Waals surface area contributed by atoms with Crippen LogP contribution in [0.5, 0.6) is 5.88 Å². The van der Waals surface area contributed by atoms with Gasteiger partial charge in [0.2, 0.25) is 5.88 Å². The van der Waals surface area contributed by atoms with Gasteiger partial charge >= 0.3 is 0 Å². The van der Waals surface area contributed by atoms with E-state index in [1.54, 1.807) is 7.11 Å². The molecule has 0 aliphatic carbocycles. The predicted molar refractivity (Wildman–Crippen MR) is 46.8 cm³/mol. The van der Waals surface area contributed by atoms with Crippen molar-refractivity contribution < 1.29 is 4.74 Å². The summed E-state index contributed by atoms with van der Waals surface area (Å²) < 4.78 is 4.88. The van der Waals surface area contributed by atoms with Crippen LogP contribution in [0.4, 0.5) is 0 Å². The Bertz CT molecular complexity index is 210. The zero-order valence-corrected chi connectivity index (χ0v) is 7.00. The molecular formula is C9H13NO. The molecule has 0 saturated heterocycles. The fraction of sp³-hybridized carbons (Fsp3) is 0.222. The summed E-state index contributed by atoms with van der Waals surface area (Å²) in [5, 5.41) is 0. The maximum Gasteiger partial charge on any atom is 0.213 e. The van der Waals surface area contributed by atoms with E-state index < -0.39 is 0 Å². The van der Waals surface area contributed by atoms with Crippen molar-refractivity contribution in [3.63, 3.8) is 0 Å². The molecule has 2 nitrogen and oxygen atoms in total. The van der Waals surface area contributed by atoms with Gasteiger partial charge in [0.05, 0.1) is 7.11 Å². The number of nitrogens with zero attached hydrogens (tertiary/aromatic N) is 1. The Labute approximate surface area is 67.5 Å². The third-order valence-electron chi connectivity index (χ3n) is 1.07. The Morgan fingerprint density at radius 1 is 1.36 bits per heavy atom. The zero-order chi connectivity index (χ0) is 8.69. The molecular weight excluding hydrogens is 138 g/mol. The minimum absolute atomic E-state index is 0.676. The van der Waals surface area contributed by atoms with Gasteiger partial charge in [-0.05, 0) is 13.0 Å². The molecule has 0 radical (unpaired) electrons. The smallest absolute Gasteiger partial charge is 0.213 e. The molecule has 0 N–H and O–H groups in total. The average molecular weight is 151 g/mol. The van der Waals surface area contributed by atoms with Crippen LogP contribution in [0.15, 0.2) is 31.4 Å². The van der Waals surface area contributed by atoms with Crippen LogP contribution >= 0.6 is 0 Å². The van der Waals surface area contributed by atoms with E-state index >= 15 is 0 Å². The summed E-state index contributed by atoms with van der Waals surface area (Å²) >= 11 is 0. The van der Waals surface area contributed by atoms with Gasteiger partial charge < -0.3 is 4.74 Å². The van der Waals surface area contributed by atoms with Crippen LogP contribution in [-0.4, -0.2) is 12.1 Å². The lowest BCUT2D eigenvalue weighted by atomic mass is 10.4. The monoisotopic (exact) mass is 151 g/mol. The molecule has 1 heterocycles. The predicted octanol–water partition coefficient (Wildman–Crippen LogP) is 2.20. The highest BCUT2D eigenvalue weighted by Crippen LogP contribution is 2.04. The maximum atomic E-state index is 4.88. The van der Waals surface area contributed by atoms with Gasteiger partial charge in [0.25, 0.3) is 0 Å².